The Morgan fingerprint density at radius 1 is 0.963 bits per heavy atom. The molecule has 0 amide bonds. The van der Waals surface area contributed by atoms with Gasteiger partial charge in [0.05, 0.1) is 12.7 Å². The van der Waals surface area contributed by atoms with Crippen LogP contribution < -0.4 is 10.2 Å². The molecule has 2 aromatic heterocycles. The predicted molar refractivity (Wildman–Crippen MR) is 103 cm³/mol. The van der Waals surface area contributed by atoms with Gasteiger partial charge in [-0.1, -0.05) is 48.5 Å². The predicted octanol–water partition coefficient (Wildman–Crippen LogP) is 3.81. The van der Waals surface area contributed by atoms with Gasteiger partial charge in [0.25, 0.3) is 0 Å². The van der Waals surface area contributed by atoms with Crippen LogP contribution in [-0.2, 0) is 0 Å². The quantitative estimate of drug-likeness (QED) is 0.523. The molecule has 0 bridgehead atoms. The normalized spacial score (nSPS) is 11.5. The molecule has 0 saturated carbocycles. The molecule has 132 valence electrons. The number of ketones is 1. The SMILES string of the molecule is COc1ccccc1N=c1c(C(=O)c2ccccc2)cnc2ccccn12. The van der Waals surface area contributed by atoms with Gasteiger partial charge in [0.2, 0.25) is 0 Å². The first-order valence-corrected chi connectivity index (χ1v) is 8.52. The smallest absolute Gasteiger partial charge is 0.198 e. The van der Waals surface area contributed by atoms with Crippen molar-refractivity contribution in [2.75, 3.05) is 7.11 Å². The van der Waals surface area contributed by atoms with E-state index in [0.29, 0.717) is 33.7 Å². The zero-order chi connectivity index (χ0) is 18.6. The number of benzene rings is 2. The van der Waals surface area contributed by atoms with Gasteiger partial charge in [-0.05, 0) is 24.3 Å². The number of nitrogens with zero attached hydrogens (tertiary/aromatic N) is 3. The first-order chi connectivity index (χ1) is 13.3. The maximum atomic E-state index is 13.1. The van der Waals surface area contributed by atoms with Crippen LogP contribution in [0.25, 0.3) is 5.65 Å². The van der Waals surface area contributed by atoms with Crippen LogP contribution in [0.15, 0.2) is 90.2 Å². The molecule has 0 unspecified atom stereocenters. The average molecular weight is 355 g/mol. The summed E-state index contributed by atoms with van der Waals surface area (Å²) < 4.78 is 7.22. The van der Waals surface area contributed by atoms with Gasteiger partial charge < -0.3 is 4.74 Å². The van der Waals surface area contributed by atoms with Crippen molar-refractivity contribution in [3.05, 3.63) is 102 Å². The molecule has 5 nitrogen and oxygen atoms in total. The Kier molecular flexibility index (Phi) is 4.49. The fourth-order valence-electron chi connectivity index (χ4n) is 2.89. The molecule has 0 aliphatic rings. The number of aromatic nitrogens is 2. The Balaban J connectivity index is 2.02. The second-order valence-corrected chi connectivity index (χ2v) is 5.90. The molecule has 0 N–H and O–H groups in total. The van der Waals surface area contributed by atoms with Crippen LogP contribution in [0.2, 0.25) is 0 Å². The van der Waals surface area contributed by atoms with Crippen LogP contribution in [-0.4, -0.2) is 22.3 Å². The van der Waals surface area contributed by atoms with E-state index in [9.17, 15) is 4.79 Å². The number of hydrogen-bond donors (Lipinski definition) is 0. The fraction of sp³-hybridized carbons (Fsp3) is 0.0455. The number of carbonyl (C=O) groups excluding carboxylic acids is 1. The number of ether oxygens (including phenoxy) is 1. The standard InChI is InChI=1S/C22H17N3O2/c1-27-19-12-6-5-11-18(19)24-22-17(21(26)16-9-3-2-4-10-16)15-23-20-13-7-8-14-25(20)22/h2-15H,1H3. The van der Waals surface area contributed by atoms with Gasteiger partial charge in [-0.25, -0.2) is 9.98 Å². The molecule has 0 saturated heterocycles. The number of rotatable bonds is 4. The molecule has 0 spiro atoms. The third-order valence-electron chi connectivity index (χ3n) is 4.23. The fourth-order valence-corrected chi connectivity index (χ4v) is 2.89. The second-order valence-electron chi connectivity index (χ2n) is 5.90. The van der Waals surface area contributed by atoms with Gasteiger partial charge in [0.15, 0.2) is 11.3 Å². The van der Waals surface area contributed by atoms with Crippen molar-refractivity contribution in [3.63, 3.8) is 0 Å². The van der Waals surface area contributed by atoms with Gasteiger partial charge in [-0.15, -0.1) is 0 Å². The average Bonchev–Trinajstić information content (AvgIpc) is 2.74. The lowest BCUT2D eigenvalue weighted by molar-refractivity contribution is 0.103. The van der Waals surface area contributed by atoms with E-state index in [0.717, 1.165) is 0 Å². The van der Waals surface area contributed by atoms with Crippen molar-refractivity contribution in [1.82, 2.24) is 9.38 Å². The number of fused-ring (bicyclic) bond motifs is 1. The van der Waals surface area contributed by atoms with Crippen LogP contribution in [0.1, 0.15) is 15.9 Å². The van der Waals surface area contributed by atoms with E-state index in [1.165, 1.54) is 0 Å². The lowest BCUT2D eigenvalue weighted by atomic mass is 10.1. The van der Waals surface area contributed by atoms with Crippen LogP contribution in [0.5, 0.6) is 5.75 Å². The van der Waals surface area contributed by atoms with Crippen molar-refractivity contribution < 1.29 is 9.53 Å². The highest BCUT2D eigenvalue weighted by molar-refractivity contribution is 6.08. The molecule has 4 aromatic rings. The van der Waals surface area contributed by atoms with Crippen LogP contribution >= 0.6 is 0 Å². The molecule has 0 fully saturated rings. The highest BCUT2D eigenvalue weighted by Crippen LogP contribution is 2.25. The second kappa shape index (κ2) is 7.25. The summed E-state index contributed by atoms with van der Waals surface area (Å²) in [6, 6.07) is 22.2. The van der Waals surface area contributed by atoms with Crippen molar-refractivity contribution >= 4 is 17.1 Å². The zero-order valence-electron chi connectivity index (χ0n) is 14.7. The van der Waals surface area contributed by atoms with E-state index in [2.05, 4.69) is 4.98 Å². The summed E-state index contributed by atoms with van der Waals surface area (Å²) in [5, 5.41) is 0. The highest BCUT2D eigenvalue weighted by Gasteiger charge is 2.14. The van der Waals surface area contributed by atoms with Gasteiger partial charge in [0.1, 0.15) is 17.1 Å². The summed E-state index contributed by atoms with van der Waals surface area (Å²) in [4.78, 5) is 22.3. The van der Waals surface area contributed by atoms with E-state index in [1.54, 1.807) is 25.4 Å². The van der Waals surface area contributed by atoms with Gasteiger partial charge >= 0.3 is 0 Å². The molecule has 0 radical (unpaired) electrons. The van der Waals surface area contributed by atoms with Crippen LogP contribution in [0, 0.1) is 0 Å². The summed E-state index contributed by atoms with van der Waals surface area (Å²) in [5.74, 6) is 0.507. The minimum Gasteiger partial charge on any atom is -0.494 e. The molecule has 5 heteroatoms. The molecule has 0 aliphatic carbocycles. The Hall–Kier alpha value is -3.73. The third-order valence-corrected chi connectivity index (χ3v) is 4.23. The Labute approximate surface area is 156 Å². The molecule has 27 heavy (non-hydrogen) atoms. The van der Waals surface area contributed by atoms with Gasteiger partial charge in [0, 0.05) is 18.0 Å². The maximum Gasteiger partial charge on any atom is 0.198 e. The number of pyridine rings is 1. The van der Waals surface area contributed by atoms with Crippen molar-refractivity contribution in [3.8, 4) is 5.75 Å². The third kappa shape index (κ3) is 3.22. The summed E-state index contributed by atoms with van der Waals surface area (Å²) >= 11 is 0. The molecule has 0 aliphatic heterocycles. The lowest BCUT2D eigenvalue weighted by Crippen LogP contribution is -2.24. The topological polar surface area (TPSA) is 56.0 Å². The zero-order valence-corrected chi connectivity index (χ0v) is 14.7. The Bertz CT molecular complexity index is 1180. The van der Waals surface area contributed by atoms with Crippen LogP contribution in [0.3, 0.4) is 0 Å². The van der Waals surface area contributed by atoms with Gasteiger partial charge in [-0.2, -0.15) is 0 Å². The molecule has 2 aromatic carbocycles. The van der Waals surface area contributed by atoms with Crippen molar-refractivity contribution in [1.29, 1.82) is 0 Å². The van der Waals surface area contributed by atoms with E-state index < -0.39 is 0 Å². The van der Waals surface area contributed by atoms with E-state index in [1.807, 2.05) is 71.3 Å². The number of para-hydroxylation sites is 2. The number of hydrogen-bond acceptors (Lipinski definition) is 4. The summed E-state index contributed by atoms with van der Waals surface area (Å²) in [5.41, 5.74) is 2.88. The summed E-state index contributed by atoms with van der Waals surface area (Å²) in [7, 11) is 1.60. The minimum absolute atomic E-state index is 0.130. The molecular weight excluding hydrogens is 338 g/mol. The van der Waals surface area contributed by atoms with Crippen LogP contribution in [0.4, 0.5) is 5.69 Å². The van der Waals surface area contributed by atoms with Gasteiger partial charge in [-0.3, -0.25) is 9.20 Å². The molecular formula is C22H17N3O2. The van der Waals surface area contributed by atoms with E-state index >= 15 is 0 Å². The lowest BCUT2D eigenvalue weighted by Gasteiger charge is -2.08. The maximum absolute atomic E-state index is 13.1. The molecule has 0 atom stereocenters. The molecule has 4 rings (SSSR count). The van der Waals surface area contributed by atoms with E-state index in [4.69, 9.17) is 9.73 Å². The first-order valence-electron chi connectivity index (χ1n) is 8.52. The van der Waals surface area contributed by atoms with Crippen molar-refractivity contribution in [2.24, 2.45) is 4.99 Å². The monoisotopic (exact) mass is 355 g/mol. The largest absolute Gasteiger partial charge is 0.494 e. The number of carbonyl (C=O) groups is 1. The number of methoxy groups -OCH3 is 1. The Morgan fingerprint density at radius 3 is 2.52 bits per heavy atom. The first kappa shape index (κ1) is 16.7. The highest BCUT2D eigenvalue weighted by atomic mass is 16.5. The summed E-state index contributed by atoms with van der Waals surface area (Å²) in [6.07, 6.45) is 3.43. The van der Waals surface area contributed by atoms with Crippen molar-refractivity contribution in [2.45, 2.75) is 0 Å². The molecule has 2 heterocycles. The summed E-state index contributed by atoms with van der Waals surface area (Å²) in [6.45, 7) is 0. The Morgan fingerprint density at radius 2 is 1.70 bits per heavy atom. The minimum atomic E-state index is -0.130. The van der Waals surface area contributed by atoms with E-state index in [-0.39, 0.29) is 5.78 Å².